The van der Waals surface area contributed by atoms with E-state index in [1.165, 1.54) is 16.0 Å². The Hall–Kier alpha value is -3.16. The lowest BCUT2D eigenvalue weighted by atomic mass is 10.1. The van der Waals surface area contributed by atoms with Crippen molar-refractivity contribution in [2.45, 2.75) is 18.8 Å². The second kappa shape index (κ2) is 8.69. The van der Waals surface area contributed by atoms with E-state index in [1.54, 1.807) is 0 Å². The van der Waals surface area contributed by atoms with E-state index in [4.69, 9.17) is 11.6 Å². The molecule has 30 heavy (non-hydrogen) atoms. The number of hydrogen-bond donors (Lipinski definition) is 2. The summed E-state index contributed by atoms with van der Waals surface area (Å²) in [4.78, 5) is 25.9. The molecule has 1 unspecified atom stereocenters. The molecule has 0 bridgehead atoms. The molecular formula is C22H19ClN4O2S. The molecule has 2 amide bonds. The number of nitrogens with one attached hydrogen (secondary N) is 2. The molecule has 2 N–H and O–H groups in total. The summed E-state index contributed by atoms with van der Waals surface area (Å²) in [6.07, 6.45) is 0.226. The number of carbonyl (C=O) groups excluding carboxylic acids is 2. The minimum Gasteiger partial charge on any atom is -0.316 e. The van der Waals surface area contributed by atoms with Crippen LogP contribution in [0, 0.1) is 6.92 Å². The van der Waals surface area contributed by atoms with Crippen LogP contribution in [0.4, 0.5) is 10.6 Å². The number of anilines is 1. The molecule has 152 valence electrons. The van der Waals surface area contributed by atoms with Crippen molar-refractivity contribution in [2.24, 2.45) is 0 Å². The lowest BCUT2D eigenvalue weighted by Crippen LogP contribution is -2.30. The standard InChI is InChI=1S/C22H19ClN4O2S/c1-14-6-5-7-15(12-14)13-18(28)24-20-17-10-11-30-21(17)27(26-20)22(29)25-19(23)16-8-3-2-4-9-16/h2-12,19H,13H2,1H3,(H,25,29)(H,24,26,28). The molecule has 8 heteroatoms. The van der Waals surface area contributed by atoms with Crippen molar-refractivity contribution in [2.75, 3.05) is 5.32 Å². The minimum absolute atomic E-state index is 0.196. The van der Waals surface area contributed by atoms with Gasteiger partial charge in [-0.05, 0) is 29.5 Å². The van der Waals surface area contributed by atoms with Gasteiger partial charge >= 0.3 is 6.03 Å². The summed E-state index contributed by atoms with van der Waals surface area (Å²) >= 11 is 7.70. The fourth-order valence-corrected chi connectivity index (χ4v) is 4.22. The van der Waals surface area contributed by atoms with E-state index < -0.39 is 11.5 Å². The monoisotopic (exact) mass is 438 g/mol. The summed E-state index contributed by atoms with van der Waals surface area (Å²) < 4.78 is 1.24. The number of alkyl halides is 1. The normalized spacial score (nSPS) is 11.9. The quantitative estimate of drug-likeness (QED) is 0.337. The van der Waals surface area contributed by atoms with Gasteiger partial charge in [0.25, 0.3) is 0 Å². The van der Waals surface area contributed by atoms with Crippen molar-refractivity contribution in [3.8, 4) is 0 Å². The number of fused-ring (bicyclic) bond motifs is 1. The molecule has 0 radical (unpaired) electrons. The molecule has 0 saturated carbocycles. The third kappa shape index (κ3) is 4.37. The van der Waals surface area contributed by atoms with Crippen molar-refractivity contribution in [3.05, 3.63) is 82.7 Å². The Bertz CT molecular complexity index is 1200. The molecule has 0 aliphatic heterocycles. The Labute approximate surface area is 182 Å². The van der Waals surface area contributed by atoms with Crippen LogP contribution in [0.5, 0.6) is 0 Å². The summed E-state index contributed by atoms with van der Waals surface area (Å²) in [5, 5.41) is 12.4. The summed E-state index contributed by atoms with van der Waals surface area (Å²) in [6, 6.07) is 18.4. The van der Waals surface area contributed by atoms with E-state index in [9.17, 15) is 9.59 Å². The molecule has 0 fully saturated rings. The van der Waals surface area contributed by atoms with Gasteiger partial charge in [0.2, 0.25) is 5.91 Å². The molecule has 6 nitrogen and oxygen atoms in total. The first-order valence-corrected chi connectivity index (χ1v) is 10.6. The maximum absolute atomic E-state index is 12.8. The number of amides is 2. The van der Waals surface area contributed by atoms with Crippen molar-refractivity contribution in [1.29, 1.82) is 0 Å². The zero-order valence-corrected chi connectivity index (χ0v) is 17.7. The van der Waals surface area contributed by atoms with Gasteiger partial charge in [-0.3, -0.25) is 4.79 Å². The van der Waals surface area contributed by atoms with Crippen LogP contribution in [-0.4, -0.2) is 21.7 Å². The number of aryl methyl sites for hydroxylation is 1. The van der Waals surface area contributed by atoms with E-state index in [0.717, 1.165) is 16.7 Å². The first-order chi connectivity index (χ1) is 14.5. The Morgan fingerprint density at radius 2 is 1.93 bits per heavy atom. The Kier molecular flexibility index (Phi) is 5.83. The topological polar surface area (TPSA) is 76.0 Å². The summed E-state index contributed by atoms with van der Waals surface area (Å²) in [6.45, 7) is 1.98. The lowest BCUT2D eigenvalue weighted by molar-refractivity contribution is -0.115. The van der Waals surface area contributed by atoms with Gasteiger partial charge < -0.3 is 10.6 Å². The van der Waals surface area contributed by atoms with Crippen molar-refractivity contribution in [1.82, 2.24) is 15.1 Å². The zero-order chi connectivity index (χ0) is 21.1. The van der Waals surface area contributed by atoms with Crippen LogP contribution in [0.15, 0.2) is 66.0 Å². The first kappa shape index (κ1) is 20.1. The van der Waals surface area contributed by atoms with Gasteiger partial charge in [0.1, 0.15) is 10.3 Å². The average Bonchev–Trinajstić information content (AvgIpc) is 3.32. The van der Waals surface area contributed by atoms with Crippen LogP contribution in [0.2, 0.25) is 0 Å². The third-order valence-electron chi connectivity index (χ3n) is 4.53. The van der Waals surface area contributed by atoms with Crippen LogP contribution >= 0.6 is 22.9 Å². The highest BCUT2D eigenvalue weighted by Crippen LogP contribution is 2.28. The molecule has 2 heterocycles. The number of thiophene rings is 1. The van der Waals surface area contributed by atoms with E-state index in [1.807, 2.05) is 73.0 Å². The van der Waals surface area contributed by atoms with E-state index in [-0.39, 0.29) is 12.3 Å². The first-order valence-electron chi connectivity index (χ1n) is 9.33. The fraction of sp³-hybridized carbons (Fsp3) is 0.136. The van der Waals surface area contributed by atoms with Crippen LogP contribution < -0.4 is 10.6 Å². The number of halogens is 1. The van der Waals surface area contributed by atoms with Gasteiger partial charge in [-0.2, -0.15) is 4.68 Å². The predicted molar refractivity (Wildman–Crippen MR) is 120 cm³/mol. The molecule has 2 aromatic heterocycles. The summed E-state index contributed by atoms with van der Waals surface area (Å²) in [7, 11) is 0. The second-order valence-corrected chi connectivity index (χ2v) is 8.17. The van der Waals surface area contributed by atoms with Crippen LogP contribution in [0.3, 0.4) is 0 Å². The SMILES string of the molecule is Cc1cccc(CC(=O)Nc2nn(C(=O)NC(Cl)c3ccccc3)c3sccc23)c1. The molecular weight excluding hydrogens is 420 g/mol. The fourth-order valence-electron chi connectivity index (χ4n) is 3.13. The third-order valence-corrected chi connectivity index (χ3v) is 5.78. The minimum atomic E-state index is -0.697. The number of nitrogens with zero attached hydrogens (tertiary/aromatic N) is 2. The maximum Gasteiger partial charge on any atom is 0.344 e. The Morgan fingerprint density at radius 3 is 2.70 bits per heavy atom. The summed E-state index contributed by atoms with van der Waals surface area (Å²) in [5.41, 5.74) is 2.08. The Morgan fingerprint density at radius 1 is 1.13 bits per heavy atom. The number of benzene rings is 2. The molecule has 2 aromatic carbocycles. The summed E-state index contributed by atoms with van der Waals surface area (Å²) in [5.74, 6) is 0.156. The molecule has 1 atom stereocenters. The van der Waals surface area contributed by atoms with Crippen molar-refractivity contribution < 1.29 is 9.59 Å². The molecule has 0 aliphatic carbocycles. The highest BCUT2D eigenvalue weighted by atomic mass is 35.5. The van der Waals surface area contributed by atoms with Crippen LogP contribution in [0.1, 0.15) is 22.2 Å². The van der Waals surface area contributed by atoms with Gasteiger partial charge in [-0.15, -0.1) is 16.4 Å². The smallest absolute Gasteiger partial charge is 0.316 e. The zero-order valence-electron chi connectivity index (χ0n) is 16.1. The average molecular weight is 439 g/mol. The van der Waals surface area contributed by atoms with E-state index in [2.05, 4.69) is 15.7 Å². The molecule has 0 spiro atoms. The number of hydrogen-bond acceptors (Lipinski definition) is 4. The maximum atomic E-state index is 12.8. The van der Waals surface area contributed by atoms with E-state index >= 15 is 0 Å². The van der Waals surface area contributed by atoms with Gasteiger partial charge in [-0.1, -0.05) is 71.8 Å². The highest BCUT2D eigenvalue weighted by Gasteiger charge is 2.20. The van der Waals surface area contributed by atoms with Gasteiger partial charge in [0.05, 0.1) is 11.8 Å². The second-order valence-electron chi connectivity index (χ2n) is 6.84. The van der Waals surface area contributed by atoms with Gasteiger partial charge in [0, 0.05) is 0 Å². The molecule has 0 aliphatic rings. The van der Waals surface area contributed by atoms with Crippen molar-refractivity contribution in [3.63, 3.8) is 0 Å². The lowest BCUT2D eigenvalue weighted by Gasteiger charge is -2.12. The number of aromatic nitrogens is 2. The molecule has 4 rings (SSSR count). The van der Waals surface area contributed by atoms with Crippen molar-refractivity contribution >= 4 is 50.9 Å². The van der Waals surface area contributed by atoms with E-state index in [0.29, 0.717) is 16.0 Å². The van der Waals surface area contributed by atoms with Crippen LogP contribution in [0.25, 0.3) is 10.2 Å². The predicted octanol–water partition coefficient (Wildman–Crippen LogP) is 5.08. The molecule has 0 saturated heterocycles. The van der Waals surface area contributed by atoms with Crippen LogP contribution in [-0.2, 0) is 11.2 Å². The van der Waals surface area contributed by atoms with Gasteiger partial charge in [0.15, 0.2) is 5.82 Å². The highest BCUT2D eigenvalue weighted by molar-refractivity contribution is 7.17. The largest absolute Gasteiger partial charge is 0.344 e. The number of rotatable bonds is 5. The van der Waals surface area contributed by atoms with Gasteiger partial charge in [-0.25, -0.2) is 4.79 Å². The molecule has 4 aromatic rings. The Balaban J connectivity index is 1.51. The number of carbonyl (C=O) groups is 2.